The molecule has 5 nitrogen and oxygen atoms in total. The van der Waals surface area contributed by atoms with E-state index in [4.69, 9.17) is 11.6 Å². The lowest BCUT2D eigenvalue weighted by atomic mass is 10.1. The van der Waals surface area contributed by atoms with Crippen LogP contribution in [0.15, 0.2) is 24.3 Å². The molecule has 0 aromatic heterocycles. The zero-order valence-electron chi connectivity index (χ0n) is 11.2. The van der Waals surface area contributed by atoms with Crippen LogP contribution in [-0.2, 0) is 20.5 Å². The van der Waals surface area contributed by atoms with Gasteiger partial charge in [-0.2, -0.15) is 13.2 Å². The Bertz CT molecular complexity index is 572. The van der Waals surface area contributed by atoms with E-state index in [2.05, 4.69) is 4.74 Å². The Kier molecular flexibility index (Phi) is 5.92. The lowest BCUT2D eigenvalue weighted by Gasteiger charge is -2.11. The molecule has 1 aromatic carbocycles. The second kappa shape index (κ2) is 7.26. The number of amides is 1. The molecule has 1 N–H and O–H groups in total. The van der Waals surface area contributed by atoms with Gasteiger partial charge in [0.25, 0.3) is 0 Å². The van der Waals surface area contributed by atoms with Crippen molar-refractivity contribution in [1.29, 1.82) is 0 Å². The minimum Gasteiger partial charge on any atom is -0.459 e. The predicted molar refractivity (Wildman–Crippen MR) is 70.2 cm³/mol. The number of ketones is 1. The first-order chi connectivity index (χ1) is 10.2. The largest absolute Gasteiger partial charge is 0.459 e. The van der Waals surface area contributed by atoms with Crippen molar-refractivity contribution >= 4 is 29.3 Å². The smallest absolute Gasteiger partial charge is 0.416 e. The Morgan fingerprint density at radius 3 is 2.23 bits per heavy atom. The summed E-state index contributed by atoms with van der Waals surface area (Å²) in [5, 5.41) is 1.89. The monoisotopic (exact) mass is 337 g/mol. The van der Waals surface area contributed by atoms with Crippen molar-refractivity contribution in [3.63, 3.8) is 0 Å². The molecule has 0 heterocycles. The Labute approximate surface area is 128 Å². The minimum atomic E-state index is -4.53. The summed E-state index contributed by atoms with van der Waals surface area (Å²) in [7, 11) is 0. The summed E-state index contributed by atoms with van der Waals surface area (Å²) in [6.07, 6.45) is -4.53. The Morgan fingerprint density at radius 1 is 1.23 bits per heavy atom. The van der Waals surface area contributed by atoms with Crippen LogP contribution in [0.3, 0.4) is 0 Å². The Morgan fingerprint density at radius 2 is 1.77 bits per heavy atom. The zero-order chi connectivity index (χ0) is 16.9. The molecular weight excluding hydrogens is 327 g/mol. The molecule has 22 heavy (non-hydrogen) atoms. The zero-order valence-corrected chi connectivity index (χ0v) is 12.0. The Hall–Kier alpha value is -2.09. The van der Waals surface area contributed by atoms with E-state index >= 15 is 0 Å². The SMILES string of the molecule is CCOC(=O)C(=O)NC(Cl)C(=O)c1ccc(C(F)(F)F)cc1. The first-order valence-corrected chi connectivity index (χ1v) is 6.43. The summed E-state index contributed by atoms with van der Waals surface area (Å²) < 4.78 is 41.6. The average Bonchev–Trinajstić information content (AvgIpc) is 2.45. The number of nitrogens with one attached hydrogen (secondary N) is 1. The Balaban J connectivity index is 2.75. The highest BCUT2D eigenvalue weighted by Gasteiger charge is 2.31. The third kappa shape index (κ3) is 4.73. The van der Waals surface area contributed by atoms with Crippen LogP contribution in [0.25, 0.3) is 0 Å². The lowest BCUT2D eigenvalue weighted by molar-refractivity contribution is -0.154. The van der Waals surface area contributed by atoms with E-state index in [0.717, 1.165) is 12.1 Å². The molecule has 0 fully saturated rings. The molecule has 0 bridgehead atoms. The van der Waals surface area contributed by atoms with Crippen molar-refractivity contribution in [3.8, 4) is 0 Å². The van der Waals surface area contributed by atoms with Gasteiger partial charge in [-0.15, -0.1) is 0 Å². The van der Waals surface area contributed by atoms with Crippen molar-refractivity contribution in [3.05, 3.63) is 35.4 Å². The number of carbonyl (C=O) groups excluding carboxylic acids is 3. The summed E-state index contributed by atoms with van der Waals surface area (Å²) in [4.78, 5) is 34.2. The van der Waals surface area contributed by atoms with Gasteiger partial charge in [-0.1, -0.05) is 23.7 Å². The molecule has 0 aliphatic carbocycles. The summed E-state index contributed by atoms with van der Waals surface area (Å²) in [6, 6.07) is 3.28. The fraction of sp³-hybridized carbons (Fsp3) is 0.308. The van der Waals surface area contributed by atoms with Crippen LogP contribution in [0.2, 0.25) is 0 Å². The molecule has 9 heteroatoms. The molecule has 1 aromatic rings. The van der Waals surface area contributed by atoms with Crippen LogP contribution >= 0.6 is 11.6 Å². The molecule has 1 unspecified atom stereocenters. The van der Waals surface area contributed by atoms with Gasteiger partial charge in [-0.25, -0.2) is 4.79 Å². The number of carbonyl (C=O) groups is 3. The molecule has 120 valence electrons. The van der Waals surface area contributed by atoms with Crippen molar-refractivity contribution in [2.45, 2.75) is 18.6 Å². The number of Topliss-reactive ketones (excluding diaryl/α,β-unsaturated/α-hetero) is 1. The molecule has 1 rings (SSSR count). The molecule has 1 atom stereocenters. The highest BCUT2D eigenvalue weighted by atomic mass is 35.5. The maximum absolute atomic E-state index is 12.4. The second-order valence-corrected chi connectivity index (χ2v) is 4.43. The minimum absolute atomic E-state index is 0.0357. The number of benzene rings is 1. The first kappa shape index (κ1) is 18.0. The molecule has 0 aliphatic heterocycles. The van der Waals surface area contributed by atoms with Crippen LogP contribution in [0.5, 0.6) is 0 Å². The van der Waals surface area contributed by atoms with Gasteiger partial charge >= 0.3 is 18.1 Å². The number of rotatable bonds is 4. The summed E-state index contributed by atoms with van der Waals surface area (Å²) in [5.74, 6) is -3.29. The standard InChI is InChI=1S/C13H11ClF3NO4/c1-2-22-12(21)11(20)18-10(14)9(19)7-3-5-8(6-4-7)13(15,16)17/h3-6,10H,2H2,1H3,(H,18,20). The van der Waals surface area contributed by atoms with Gasteiger partial charge in [0.05, 0.1) is 12.2 Å². The highest BCUT2D eigenvalue weighted by molar-refractivity contribution is 6.39. The molecule has 0 radical (unpaired) electrons. The maximum atomic E-state index is 12.4. The van der Waals surface area contributed by atoms with Gasteiger partial charge < -0.3 is 10.1 Å². The van der Waals surface area contributed by atoms with E-state index < -0.39 is 34.9 Å². The van der Waals surface area contributed by atoms with Crippen LogP contribution in [0.1, 0.15) is 22.8 Å². The normalized spacial score (nSPS) is 12.4. The van der Waals surface area contributed by atoms with Crippen LogP contribution in [0.4, 0.5) is 13.2 Å². The van der Waals surface area contributed by atoms with E-state index in [1.54, 1.807) is 0 Å². The quantitative estimate of drug-likeness (QED) is 0.300. The van der Waals surface area contributed by atoms with E-state index in [1.807, 2.05) is 5.32 Å². The van der Waals surface area contributed by atoms with Crippen LogP contribution in [0, 0.1) is 0 Å². The molecule has 0 spiro atoms. The van der Waals surface area contributed by atoms with Gasteiger partial charge in [0, 0.05) is 5.56 Å². The van der Waals surface area contributed by atoms with E-state index in [-0.39, 0.29) is 12.2 Å². The summed E-state index contributed by atoms with van der Waals surface area (Å²) >= 11 is 5.62. The first-order valence-electron chi connectivity index (χ1n) is 6.00. The average molecular weight is 338 g/mol. The molecular formula is C13H11ClF3NO4. The van der Waals surface area contributed by atoms with Crippen molar-refractivity contribution in [2.75, 3.05) is 6.61 Å². The predicted octanol–water partition coefficient (Wildman–Crippen LogP) is 2.13. The van der Waals surface area contributed by atoms with E-state index in [9.17, 15) is 27.6 Å². The van der Waals surface area contributed by atoms with Crippen LogP contribution in [-0.4, -0.2) is 29.8 Å². The van der Waals surface area contributed by atoms with Gasteiger partial charge in [0.15, 0.2) is 11.3 Å². The highest BCUT2D eigenvalue weighted by Crippen LogP contribution is 2.29. The van der Waals surface area contributed by atoms with Crippen molar-refractivity contribution in [2.24, 2.45) is 0 Å². The van der Waals surface area contributed by atoms with Crippen molar-refractivity contribution < 1.29 is 32.3 Å². The summed E-state index contributed by atoms with van der Waals surface area (Å²) in [6.45, 7) is 1.45. The molecule has 0 saturated carbocycles. The number of halogens is 4. The molecule has 1 amide bonds. The number of hydrogen-bond donors (Lipinski definition) is 1. The van der Waals surface area contributed by atoms with Gasteiger partial charge in [-0.3, -0.25) is 9.59 Å². The van der Waals surface area contributed by atoms with Gasteiger partial charge in [0.1, 0.15) is 0 Å². The van der Waals surface area contributed by atoms with E-state index in [0.29, 0.717) is 12.1 Å². The number of alkyl halides is 4. The lowest BCUT2D eigenvalue weighted by Crippen LogP contribution is -2.41. The van der Waals surface area contributed by atoms with Gasteiger partial charge in [0.2, 0.25) is 0 Å². The molecule has 0 saturated heterocycles. The molecule has 0 aliphatic rings. The van der Waals surface area contributed by atoms with E-state index in [1.165, 1.54) is 6.92 Å². The summed E-state index contributed by atoms with van der Waals surface area (Å²) in [5.41, 5.74) is -2.67. The van der Waals surface area contributed by atoms with Gasteiger partial charge in [-0.05, 0) is 19.1 Å². The fourth-order valence-corrected chi connectivity index (χ4v) is 1.63. The number of hydrogen-bond acceptors (Lipinski definition) is 4. The third-order valence-corrected chi connectivity index (χ3v) is 2.75. The topological polar surface area (TPSA) is 72.5 Å². The van der Waals surface area contributed by atoms with Crippen LogP contribution < -0.4 is 5.32 Å². The number of ether oxygens (including phenoxy) is 1. The maximum Gasteiger partial charge on any atom is 0.416 e. The third-order valence-electron chi connectivity index (χ3n) is 2.45. The fourth-order valence-electron chi connectivity index (χ4n) is 1.41. The van der Waals surface area contributed by atoms with Crippen molar-refractivity contribution in [1.82, 2.24) is 5.32 Å². The second-order valence-electron chi connectivity index (χ2n) is 4.00. The number of esters is 1.